The molecule has 0 spiro atoms. The van der Waals surface area contributed by atoms with Gasteiger partial charge in [-0.15, -0.1) is 0 Å². The molecule has 6 heavy (non-hydrogen) atoms. The maximum absolute atomic E-state index is 3.89. The SMILES string of the molecule is CC1N=CC=N1.[HH]. The quantitative estimate of drug-likeness (QED) is 0.413. The van der Waals surface area contributed by atoms with Gasteiger partial charge in [0, 0.05) is 13.9 Å². The van der Waals surface area contributed by atoms with E-state index < -0.39 is 0 Å². The van der Waals surface area contributed by atoms with Crippen molar-refractivity contribution in [2.45, 2.75) is 13.1 Å². The highest BCUT2D eigenvalue weighted by Crippen LogP contribution is 1.91. The van der Waals surface area contributed by atoms with Crippen molar-refractivity contribution in [3.63, 3.8) is 0 Å². The molecule has 0 aromatic carbocycles. The minimum atomic E-state index is 0. The fourth-order valence-electron chi connectivity index (χ4n) is 0.365. The summed E-state index contributed by atoms with van der Waals surface area (Å²) in [6, 6.07) is 0. The topological polar surface area (TPSA) is 24.7 Å². The van der Waals surface area contributed by atoms with Crippen LogP contribution in [0.1, 0.15) is 8.35 Å². The molecule has 0 aliphatic carbocycles. The van der Waals surface area contributed by atoms with E-state index in [-0.39, 0.29) is 7.59 Å². The standard InChI is InChI=1S/C4H6N2.H2/c1-4-5-2-3-6-4;/h2-4H,1H3;1H. The lowest BCUT2D eigenvalue weighted by Crippen LogP contribution is -1.82. The minimum Gasteiger partial charge on any atom is -0.265 e. The maximum atomic E-state index is 3.89. The Balaban J connectivity index is 0.000000360. The largest absolute Gasteiger partial charge is 0.265 e. The minimum absolute atomic E-state index is 0. The molecular formula is C4H8N2. The fourth-order valence-corrected chi connectivity index (χ4v) is 0.365. The van der Waals surface area contributed by atoms with Gasteiger partial charge in [0.2, 0.25) is 0 Å². The van der Waals surface area contributed by atoms with E-state index >= 15 is 0 Å². The molecule has 0 bridgehead atoms. The second kappa shape index (κ2) is 1.20. The van der Waals surface area contributed by atoms with E-state index in [9.17, 15) is 0 Å². The van der Waals surface area contributed by atoms with Crippen LogP contribution in [0.2, 0.25) is 0 Å². The third-order valence-electron chi connectivity index (χ3n) is 0.670. The number of hydrogen-bond acceptors (Lipinski definition) is 2. The molecule has 2 nitrogen and oxygen atoms in total. The van der Waals surface area contributed by atoms with Gasteiger partial charge in [0.1, 0.15) is 6.17 Å². The van der Waals surface area contributed by atoms with Gasteiger partial charge in [0.15, 0.2) is 0 Å². The molecule has 1 heterocycles. The molecule has 0 radical (unpaired) electrons. The Hall–Kier alpha value is -0.660. The number of nitrogens with zero attached hydrogens (tertiary/aromatic N) is 2. The molecule has 0 aromatic rings. The lowest BCUT2D eigenvalue weighted by molar-refractivity contribution is 0.818. The summed E-state index contributed by atoms with van der Waals surface area (Å²) in [5, 5.41) is 0. The Morgan fingerprint density at radius 3 is 2.17 bits per heavy atom. The van der Waals surface area contributed by atoms with Crippen molar-refractivity contribution in [1.29, 1.82) is 0 Å². The van der Waals surface area contributed by atoms with Gasteiger partial charge in [0.05, 0.1) is 0 Å². The fraction of sp³-hybridized carbons (Fsp3) is 0.500. The zero-order valence-electron chi connectivity index (χ0n) is 3.63. The third kappa shape index (κ3) is 0.455. The molecule has 0 N–H and O–H groups in total. The first kappa shape index (κ1) is 3.53. The molecule has 0 unspecified atom stereocenters. The van der Waals surface area contributed by atoms with Gasteiger partial charge in [-0.05, 0) is 6.92 Å². The van der Waals surface area contributed by atoms with Crippen molar-refractivity contribution >= 4 is 12.4 Å². The van der Waals surface area contributed by atoms with E-state index in [1.807, 2.05) is 6.92 Å². The average molecular weight is 84.1 g/mol. The number of aliphatic imine (C=N–C) groups is 2. The molecule has 0 saturated heterocycles. The number of hydrogen-bond donors (Lipinski definition) is 0. The van der Waals surface area contributed by atoms with Crippen molar-refractivity contribution < 1.29 is 1.43 Å². The summed E-state index contributed by atoms with van der Waals surface area (Å²) in [4.78, 5) is 7.78. The van der Waals surface area contributed by atoms with Gasteiger partial charge in [-0.25, -0.2) is 0 Å². The Bertz CT molecular complexity index is 85.9. The molecule has 0 fully saturated rings. The monoisotopic (exact) mass is 84.1 g/mol. The van der Waals surface area contributed by atoms with Crippen LogP contribution in [0.15, 0.2) is 9.98 Å². The Morgan fingerprint density at radius 1 is 1.50 bits per heavy atom. The third-order valence-corrected chi connectivity index (χ3v) is 0.670. The predicted octanol–water partition coefficient (Wildman–Crippen LogP) is 0.734. The van der Waals surface area contributed by atoms with Crippen molar-refractivity contribution in [2.75, 3.05) is 0 Å². The zero-order valence-corrected chi connectivity index (χ0v) is 3.63. The van der Waals surface area contributed by atoms with E-state index in [2.05, 4.69) is 9.98 Å². The van der Waals surface area contributed by atoms with Gasteiger partial charge in [-0.3, -0.25) is 9.98 Å². The summed E-state index contributed by atoms with van der Waals surface area (Å²) in [6.45, 7) is 1.94. The van der Waals surface area contributed by atoms with Gasteiger partial charge in [-0.1, -0.05) is 0 Å². The molecular weight excluding hydrogens is 76.1 g/mol. The van der Waals surface area contributed by atoms with E-state index in [4.69, 9.17) is 0 Å². The van der Waals surface area contributed by atoms with E-state index in [1.54, 1.807) is 12.4 Å². The molecule has 1 rings (SSSR count). The summed E-state index contributed by atoms with van der Waals surface area (Å²) in [5.41, 5.74) is 0. The second-order valence-electron chi connectivity index (χ2n) is 1.23. The predicted molar refractivity (Wildman–Crippen MR) is 28.6 cm³/mol. The van der Waals surface area contributed by atoms with Crippen molar-refractivity contribution in [2.24, 2.45) is 9.98 Å². The van der Waals surface area contributed by atoms with Gasteiger partial charge < -0.3 is 0 Å². The van der Waals surface area contributed by atoms with Crippen LogP contribution in [-0.2, 0) is 0 Å². The smallest absolute Gasteiger partial charge is 0.136 e. The second-order valence-corrected chi connectivity index (χ2v) is 1.23. The highest BCUT2D eigenvalue weighted by molar-refractivity contribution is 6.17. The van der Waals surface area contributed by atoms with Crippen LogP contribution in [0.3, 0.4) is 0 Å². The summed E-state index contributed by atoms with van der Waals surface area (Å²) in [5.74, 6) is 0. The van der Waals surface area contributed by atoms with Crippen molar-refractivity contribution in [3.8, 4) is 0 Å². The lowest BCUT2D eigenvalue weighted by atomic mass is 10.6. The van der Waals surface area contributed by atoms with Crippen LogP contribution in [0, 0.1) is 0 Å². The summed E-state index contributed by atoms with van der Waals surface area (Å²) in [6.07, 6.45) is 3.61. The zero-order chi connectivity index (χ0) is 4.41. The molecule has 0 atom stereocenters. The average Bonchev–Trinajstić information content (AvgIpc) is 1.86. The first-order valence-corrected chi connectivity index (χ1v) is 1.94. The molecule has 0 saturated carbocycles. The van der Waals surface area contributed by atoms with Crippen molar-refractivity contribution in [1.82, 2.24) is 0 Å². The highest BCUT2D eigenvalue weighted by Gasteiger charge is 1.91. The van der Waals surface area contributed by atoms with E-state index in [1.165, 1.54) is 0 Å². The molecule has 0 aromatic heterocycles. The van der Waals surface area contributed by atoms with Crippen LogP contribution >= 0.6 is 0 Å². The molecule has 2 heteroatoms. The first-order chi connectivity index (χ1) is 2.89. The van der Waals surface area contributed by atoms with Crippen LogP contribution in [0.5, 0.6) is 0 Å². The summed E-state index contributed by atoms with van der Waals surface area (Å²) >= 11 is 0. The Kier molecular flexibility index (Phi) is 0.708. The van der Waals surface area contributed by atoms with Crippen LogP contribution in [-0.4, -0.2) is 18.6 Å². The van der Waals surface area contributed by atoms with E-state index in [0.717, 1.165) is 0 Å². The summed E-state index contributed by atoms with van der Waals surface area (Å²) < 4.78 is 0. The van der Waals surface area contributed by atoms with Gasteiger partial charge >= 0.3 is 0 Å². The number of rotatable bonds is 0. The van der Waals surface area contributed by atoms with Crippen LogP contribution in [0.25, 0.3) is 0 Å². The van der Waals surface area contributed by atoms with Gasteiger partial charge in [0.25, 0.3) is 0 Å². The normalized spacial score (nSPS) is 20.2. The Labute approximate surface area is 38.1 Å². The first-order valence-electron chi connectivity index (χ1n) is 1.94. The Morgan fingerprint density at radius 2 is 2.00 bits per heavy atom. The molecule has 1 aliphatic rings. The van der Waals surface area contributed by atoms with Crippen LogP contribution < -0.4 is 0 Å². The van der Waals surface area contributed by atoms with Crippen molar-refractivity contribution in [3.05, 3.63) is 0 Å². The lowest BCUT2D eigenvalue weighted by Gasteiger charge is -1.84. The van der Waals surface area contributed by atoms with Gasteiger partial charge in [-0.2, -0.15) is 0 Å². The molecule has 1 aliphatic heterocycles. The molecule has 0 amide bonds. The maximum Gasteiger partial charge on any atom is 0.136 e. The summed E-state index contributed by atoms with van der Waals surface area (Å²) in [7, 11) is 0. The molecule has 34 valence electrons. The van der Waals surface area contributed by atoms with E-state index in [0.29, 0.717) is 0 Å². The highest BCUT2D eigenvalue weighted by atomic mass is 15.0. The van der Waals surface area contributed by atoms with Crippen LogP contribution in [0.4, 0.5) is 0 Å².